The van der Waals surface area contributed by atoms with Gasteiger partial charge in [-0.1, -0.05) is 55.8 Å². The summed E-state index contributed by atoms with van der Waals surface area (Å²) >= 11 is 0. The van der Waals surface area contributed by atoms with Crippen molar-refractivity contribution in [2.24, 2.45) is 0 Å². The number of nitrogens with one attached hydrogen (secondary N) is 2. The molecule has 0 saturated carbocycles. The first kappa shape index (κ1) is 25.9. The lowest BCUT2D eigenvalue weighted by molar-refractivity contribution is -0.132. The van der Waals surface area contributed by atoms with Crippen molar-refractivity contribution >= 4 is 17.7 Å². The van der Waals surface area contributed by atoms with Crippen LogP contribution in [-0.2, 0) is 24.4 Å². The van der Waals surface area contributed by atoms with E-state index in [9.17, 15) is 14.4 Å². The lowest BCUT2D eigenvalue weighted by Crippen LogP contribution is -2.62. The van der Waals surface area contributed by atoms with E-state index in [4.69, 9.17) is 4.74 Å². The van der Waals surface area contributed by atoms with Crippen molar-refractivity contribution in [3.05, 3.63) is 83.2 Å². The van der Waals surface area contributed by atoms with Gasteiger partial charge in [-0.2, -0.15) is 5.10 Å². The Labute approximate surface area is 216 Å². The highest BCUT2D eigenvalue weighted by Crippen LogP contribution is 2.26. The van der Waals surface area contributed by atoms with Crippen LogP contribution in [0.15, 0.2) is 60.7 Å². The van der Waals surface area contributed by atoms with Crippen molar-refractivity contribution in [3.8, 4) is 5.75 Å². The molecule has 2 aromatic carbocycles. The van der Waals surface area contributed by atoms with Crippen LogP contribution in [-0.4, -0.2) is 51.6 Å². The first-order valence-corrected chi connectivity index (χ1v) is 12.5. The predicted molar refractivity (Wildman–Crippen MR) is 139 cm³/mol. The van der Waals surface area contributed by atoms with E-state index in [0.29, 0.717) is 19.7 Å². The maximum absolute atomic E-state index is 13.1. The zero-order valence-electron chi connectivity index (χ0n) is 21.5. The van der Waals surface area contributed by atoms with Gasteiger partial charge >= 0.3 is 0 Å². The van der Waals surface area contributed by atoms with Gasteiger partial charge in [0.25, 0.3) is 11.8 Å². The minimum Gasteiger partial charge on any atom is -0.494 e. The number of amides is 3. The van der Waals surface area contributed by atoms with Crippen molar-refractivity contribution < 1.29 is 19.1 Å². The minimum atomic E-state index is -1.15. The number of aromatic nitrogens is 2. The number of carbonyl (C=O) groups is 3. The van der Waals surface area contributed by atoms with Crippen LogP contribution < -0.4 is 15.4 Å². The Morgan fingerprint density at radius 2 is 1.70 bits per heavy atom. The molecule has 0 aliphatic carbocycles. The number of benzene rings is 2. The van der Waals surface area contributed by atoms with Crippen LogP contribution in [0.25, 0.3) is 0 Å². The zero-order chi connectivity index (χ0) is 26.4. The van der Waals surface area contributed by atoms with Gasteiger partial charge in [-0.15, -0.1) is 0 Å². The highest BCUT2D eigenvalue weighted by Gasteiger charge is 2.46. The molecule has 0 saturated heterocycles. The molecule has 0 spiro atoms. The number of fused-ring (bicyclic) bond motifs is 1. The maximum Gasteiger partial charge on any atom is 0.272 e. The molecule has 3 amide bonds. The molecule has 1 aliphatic heterocycles. The third kappa shape index (κ3) is 5.82. The molecule has 1 unspecified atom stereocenters. The average molecular weight is 504 g/mol. The van der Waals surface area contributed by atoms with Crippen LogP contribution >= 0.6 is 0 Å². The van der Waals surface area contributed by atoms with Crippen molar-refractivity contribution in [1.29, 1.82) is 0 Å². The summed E-state index contributed by atoms with van der Waals surface area (Å²) in [6.07, 6.45) is 2.08. The highest BCUT2D eigenvalue weighted by atomic mass is 16.5. The fourth-order valence-electron chi connectivity index (χ4n) is 4.12. The van der Waals surface area contributed by atoms with Crippen LogP contribution in [0.2, 0.25) is 0 Å². The lowest BCUT2D eigenvalue weighted by atomic mass is 9.96. The number of carbonyl (C=O) groups excluding carboxylic acids is 3. The maximum atomic E-state index is 13.1. The van der Waals surface area contributed by atoms with E-state index in [0.717, 1.165) is 29.7 Å². The summed E-state index contributed by atoms with van der Waals surface area (Å²) in [6.45, 7) is 5.29. The summed E-state index contributed by atoms with van der Waals surface area (Å²) < 4.78 is 7.11. The summed E-state index contributed by atoms with van der Waals surface area (Å²) in [5, 5.41) is 10.1. The van der Waals surface area contributed by atoms with E-state index in [-0.39, 0.29) is 29.7 Å². The third-order valence-electron chi connectivity index (χ3n) is 6.66. The van der Waals surface area contributed by atoms with Gasteiger partial charge in [-0.3, -0.25) is 19.1 Å². The van der Waals surface area contributed by atoms with Gasteiger partial charge in [0.05, 0.1) is 13.2 Å². The number of ether oxygens (including phenoxy) is 1. The first-order valence-electron chi connectivity index (χ1n) is 12.5. The summed E-state index contributed by atoms with van der Waals surface area (Å²) in [7, 11) is 1.59. The smallest absolute Gasteiger partial charge is 0.272 e. The van der Waals surface area contributed by atoms with Crippen molar-refractivity contribution in [2.75, 3.05) is 13.7 Å². The molecule has 9 heteroatoms. The second-order valence-electron chi connectivity index (χ2n) is 9.41. The van der Waals surface area contributed by atoms with Crippen molar-refractivity contribution in [2.45, 2.75) is 51.9 Å². The molecule has 4 rings (SSSR count). The molecule has 0 bridgehead atoms. The number of likely N-dealkylation sites (N-methyl/N-ethyl adjacent to an activating group) is 1. The fourth-order valence-corrected chi connectivity index (χ4v) is 4.12. The van der Waals surface area contributed by atoms with Gasteiger partial charge in [-0.25, -0.2) is 0 Å². The molecule has 9 nitrogen and oxygen atoms in total. The normalized spacial score (nSPS) is 16.7. The van der Waals surface area contributed by atoms with E-state index in [1.807, 2.05) is 54.6 Å². The fraction of sp³-hybridized carbons (Fsp3) is 0.357. The van der Waals surface area contributed by atoms with Gasteiger partial charge in [-0.05, 0) is 36.6 Å². The molecule has 1 atom stereocenters. The Kier molecular flexibility index (Phi) is 7.91. The monoisotopic (exact) mass is 503 g/mol. The standard InChI is InChI=1S/C28H33N5O4/c1-4-5-15-37-22-13-11-21(12-14-22)17-29-25(34)23-16-24-26(35)32(3)28(2,19-33(24)31-23)27(36)30-18-20-9-7-6-8-10-20/h6-14,16H,4-5,15,17-19H2,1-3H3,(H,29,34)(H,30,36). The second kappa shape index (κ2) is 11.3. The van der Waals surface area contributed by atoms with Gasteiger partial charge < -0.3 is 20.3 Å². The SMILES string of the molecule is CCCCOc1ccc(CNC(=O)c2cc3n(n2)CC(C)(C(=O)NCc2ccccc2)N(C)C3=O)cc1. The number of hydrogen-bond acceptors (Lipinski definition) is 5. The summed E-state index contributed by atoms with van der Waals surface area (Å²) in [4.78, 5) is 40.4. The largest absolute Gasteiger partial charge is 0.494 e. The van der Waals surface area contributed by atoms with E-state index in [2.05, 4.69) is 22.7 Å². The van der Waals surface area contributed by atoms with Crippen LogP contribution in [0.4, 0.5) is 0 Å². The molecule has 1 aliphatic rings. The zero-order valence-corrected chi connectivity index (χ0v) is 21.5. The number of unbranched alkanes of at least 4 members (excludes halogenated alkanes) is 1. The van der Waals surface area contributed by atoms with E-state index >= 15 is 0 Å². The van der Waals surface area contributed by atoms with Crippen LogP contribution in [0.3, 0.4) is 0 Å². The molecule has 37 heavy (non-hydrogen) atoms. The summed E-state index contributed by atoms with van der Waals surface area (Å²) in [6, 6.07) is 18.6. The van der Waals surface area contributed by atoms with E-state index < -0.39 is 11.4 Å². The van der Waals surface area contributed by atoms with Crippen LogP contribution in [0, 0.1) is 0 Å². The third-order valence-corrected chi connectivity index (χ3v) is 6.66. The molecule has 3 aromatic rings. The Balaban J connectivity index is 1.39. The number of hydrogen-bond donors (Lipinski definition) is 2. The summed E-state index contributed by atoms with van der Waals surface area (Å²) in [5.74, 6) is -0.255. The van der Waals surface area contributed by atoms with Crippen molar-refractivity contribution in [1.82, 2.24) is 25.3 Å². The topological polar surface area (TPSA) is 106 Å². The van der Waals surface area contributed by atoms with Crippen LogP contribution in [0.5, 0.6) is 5.75 Å². The predicted octanol–water partition coefficient (Wildman–Crippen LogP) is 3.15. The van der Waals surface area contributed by atoms with Crippen LogP contribution in [0.1, 0.15) is 58.8 Å². The Hall–Kier alpha value is -4.14. The highest BCUT2D eigenvalue weighted by molar-refractivity contribution is 6.01. The molecule has 194 valence electrons. The Morgan fingerprint density at radius 1 is 1.03 bits per heavy atom. The lowest BCUT2D eigenvalue weighted by Gasteiger charge is -2.40. The first-order chi connectivity index (χ1) is 17.8. The molecule has 2 heterocycles. The molecule has 2 N–H and O–H groups in total. The molecule has 0 radical (unpaired) electrons. The minimum absolute atomic E-state index is 0.130. The van der Waals surface area contributed by atoms with Gasteiger partial charge in [0, 0.05) is 26.2 Å². The number of rotatable bonds is 10. The Bertz CT molecular complexity index is 1260. The summed E-state index contributed by atoms with van der Waals surface area (Å²) in [5.41, 5.74) is 1.12. The van der Waals surface area contributed by atoms with Gasteiger partial charge in [0.2, 0.25) is 5.91 Å². The quantitative estimate of drug-likeness (QED) is 0.414. The van der Waals surface area contributed by atoms with Crippen molar-refractivity contribution in [3.63, 3.8) is 0 Å². The second-order valence-corrected chi connectivity index (χ2v) is 9.41. The van der Waals surface area contributed by atoms with Gasteiger partial charge in [0.1, 0.15) is 17.0 Å². The molecular weight excluding hydrogens is 470 g/mol. The van der Waals surface area contributed by atoms with E-state index in [1.165, 1.54) is 15.6 Å². The molecule has 1 aromatic heterocycles. The van der Waals surface area contributed by atoms with E-state index in [1.54, 1.807) is 14.0 Å². The number of nitrogens with zero attached hydrogens (tertiary/aromatic N) is 3. The molecular formula is C28H33N5O4. The average Bonchev–Trinajstić information content (AvgIpc) is 3.34. The molecule has 0 fully saturated rings. The Morgan fingerprint density at radius 3 is 2.41 bits per heavy atom. The van der Waals surface area contributed by atoms with Gasteiger partial charge in [0.15, 0.2) is 5.69 Å².